The Morgan fingerprint density at radius 2 is 0.500 bits per heavy atom. The van der Waals surface area contributed by atoms with Crippen LogP contribution in [-0.4, -0.2) is 36.5 Å². The van der Waals surface area contributed by atoms with Crippen molar-refractivity contribution < 1.29 is 4.42 Å². The molecular formula is C132H70N12OS. The van der Waals surface area contributed by atoms with Crippen LogP contribution in [0.2, 0.25) is 0 Å². The molecule has 0 fully saturated rings. The summed E-state index contributed by atoms with van der Waals surface area (Å²) < 4.78 is 27.5. The lowest BCUT2D eigenvalue weighted by molar-refractivity contribution is 0.673. The highest BCUT2D eigenvalue weighted by Gasteiger charge is 2.31. The molecule has 0 bridgehead atoms. The SMILES string of the molecule is N#Cc1cc(-n2c3ccc(-n4c5ccccc5c5ccccc54)cc3c3c4ccccc4ccc32)c(C#N)cc1-n1c2ccc(-n3c4ccccc4c4ccccc43)cc2c2cc3c(cc21)sc1c(-c2ccc4c(c2)c2ccccc2n4-c2ccc4c(c2)c2c5oc6ccccc6c5ccc2n4-c2cc(C#N)c(-n4c5ccc(-n6c7ccccc7c7ccccc76)cc5c5c6ccccc6ccc54)cc2C#N)cccc13. The van der Waals surface area contributed by atoms with Crippen molar-refractivity contribution in [3.05, 3.63) is 447 Å². The molecule has 14 heteroatoms. The molecule has 0 unspecified atom stereocenters. The first-order valence-corrected chi connectivity index (χ1v) is 49.8. The maximum absolute atomic E-state index is 12.0. The van der Waals surface area contributed by atoms with Gasteiger partial charge in [0.25, 0.3) is 0 Å². The van der Waals surface area contributed by atoms with Crippen LogP contribution < -0.4 is 0 Å². The maximum Gasteiger partial charge on any atom is 0.145 e. The van der Waals surface area contributed by atoms with Crippen molar-refractivity contribution in [1.29, 1.82) is 21.0 Å². The first kappa shape index (κ1) is 79.6. The third-order valence-electron chi connectivity index (χ3n) is 31.3. The molecule has 10 aromatic heterocycles. The van der Waals surface area contributed by atoms with Gasteiger partial charge in [-0.1, -0.05) is 231 Å². The minimum absolute atomic E-state index is 0.391. The van der Waals surface area contributed by atoms with Crippen molar-refractivity contribution in [3.63, 3.8) is 0 Å². The zero-order valence-electron chi connectivity index (χ0n) is 77.6. The number of fused-ring (bicyclic) bond motifs is 35. The van der Waals surface area contributed by atoms with Gasteiger partial charge in [0, 0.05) is 134 Å². The number of hydrogen-bond donors (Lipinski definition) is 0. The molecule has 13 nitrogen and oxygen atoms in total. The molecule has 22 aromatic carbocycles. The number of para-hydroxylation sites is 8. The van der Waals surface area contributed by atoms with Gasteiger partial charge in [-0.25, -0.2) is 0 Å². The van der Waals surface area contributed by atoms with E-state index in [-0.39, 0.29) is 0 Å². The summed E-state index contributed by atoms with van der Waals surface area (Å²) >= 11 is 1.77. The Balaban J connectivity index is 0.555. The van der Waals surface area contributed by atoms with Crippen LogP contribution in [0.15, 0.2) is 429 Å². The van der Waals surface area contributed by atoms with E-state index in [0.717, 1.165) is 250 Å². The van der Waals surface area contributed by atoms with Crippen molar-refractivity contribution in [1.82, 2.24) is 36.5 Å². The number of thiophene rings is 1. The van der Waals surface area contributed by atoms with E-state index in [1.165, 1.54) is 21.5 Å². The standard InChI is InChI=1S/C132H70N12OS/c133-71-78-62-123(79(72-134)61-121(78)141-115-56-48-83(66-103(115)128-86-24-3-1-22-75(86)44-53-118(128)141)138-108-38-15-7-28-91(108)92-29-8-16-39-109(92)138)143-117-58-50-85(68-105(117)130-120(143)59-51-97-96-33-12-20-43-126(96)145-131(97)130)140-112-42-19-11-32-95(112)99-60-77(46-52-113(99)140)88-34-21-35-98-102-69-101-100-65-82(137-106-36-13-5-26-89(106)90-27-6-14-37-107(90)137)47-55-114(100)144(125(101)70-127(102)146-132(88)98)124-64-80(73-135)122(63-81(124)74-136)142-116-57-49-84(67-104(116)129-87-25-4-2-23-76(87)45-54-119(129)142)139-110-40-17-9-30-93(110)94-31-10-18-41-111(94)139/h1-70H. The Hall–Kier alpha value is -20.3. The molecule has 0 aliphatic carbocycles. The molecule has 0 N–H and O–H groups in total. The lowest BCUT2D eigenvalue weighted by Gasteiger charge is -2.16. The van der Waals surface area contributed by atoms with Crippen LogP contribution in [0.4, 0.5) is 0 Å². The molecule has 0 spiro atoms. The summed E-state index contributed by atoms with van der Waals surface area (Å²) in [6.07, 6.45) is 0. The molecular weight excluding hydrogens is 1800 g/mol. The van der Waals surface area contributed by atoms with Gasteiger partial charge in [-0.3, -0.25) is 0 Å². The third-order valence-corrected chi connectivity index (χ3v) is 32.5. The highest BCUT2D eigenvalue weighted by atomic mass is 32.1. The van der Waals surface area contributed by atoms with Crippen molar-refractivity contribution in [2.75, 3.05) is 0 Å². The van der Waals surface area contributed by atoms with E-state index in [0.29, 0.717) is 45.0 Å². The van der Waals surface area contributed by atoms with Gasteiger partial charge >= 0.3 is 0 Å². The van der Waals surface area contributed by atoms with E-state index in [1.807, 2.05) is 42.5 Å². The summed E-state index contributed by atoms with van der Waals surface area (Å²) in [6.45, 7) is 0. The molecule has 0 saturated heterocycles. The molecule has 0 atom stereocenters. The molecule has 0 amide bonds. The van der Waals surface area contributed by atoms with Gasteiger partial charge in [0.1, 0.15) is 35.4 Å². The molecule has 146 heavy (non-hydrogen) atoms. The van der Waals surface area contributed by atoms with Crippen LogP contribution in [-0.2, 0) is 0 Å². The van der Waals surface area contributed by atoms with Gasteiger partial charge in [0.2, 0.25) is 0 Å². The van der Waals surface area contributed by atoms with Crippen LogP contribution in [0, 0.1) is 45.3 Å². The number of aromatic nitrogens is 8. The normalized spacial score (nSPS) is 12.2. The Morgan fingerprint density at radius 1 is 0.192 bits per heavy atom. The highest BCUT2D eigenvalue weighted by molar-refractivity contribution is 7.26. The van der Waals surface area contributed by atoms with E-state index in [9.17, 15) is 21.0 Å². The molecule has 0 aliphatic heterocycles. The Morgan fingerprint density at radius 3 is 0.932 bits per heavy atom. The van der Waals surface area contributed by atoms with Gasteiger partial charge in [-0.2, -0.15) is 21.0 Å². The van der Waals surface area contributed by atoms with E-state index in [2.05, 4.69) is 443 Å². The summed E-state index contributed by atoms with van der Waals surface area (Å²) in [6, 6.07) is 162. The molecule has 670 valence electrons. The van der Waals surface area contributed by atoms with Crippen LogP contribution in [0.1, 0.15) is 22.3 Å². The summed E-state index contributed by atoms with van der Waals surface area (Å²) in [7, 11) is 0. The first-order chi connectivity index (χ1) is 72.3. The Labute approximate surface area is 833 Å². The monoisotopic (exact) mass is 1870 g/mol. The number of nitrogens with zero attached hydrogens (tertiary/aromatic N) is 12. The van der Waals surface area contributed by atoms with Gasteiger partial charge in [-0.05, 0) is 227 Å². The minimum Gasteiger partial charge on any atom is -0.455 e. The van der Waals surface area contributed by atoms with Gasteiger partial charge in [0.15, 0.2) is 0 Å². The minimum atomic E-state index is 0.391. The quantitative estimate of drug-likeness (QED) is 0.141. The summed E-state index contributed by atoms with van der Waals surface area (Å²) in [5, 5.41) is 73.5. The van der Waals surface area contributed by atoms with Crippen molar-refractivity contribution in [3.8, 4) is 80.9 Å². The number of rotatable bonds is 9. The predicted octanol–water partition coefficient (Wildman–Crippen LogP) is 34.2. The largest absolute Gasteiger partial charge is 0.455 e. The fourth-order valence-corrected chi connectivity index (χ4v) is 26.5. The molecule has 32 rings (SSSR count). The van der Waals surface area contributed by atoms with Crippen molar-refractivity contribution in [2.45, 2.75) is 0 Å². The highest BCUT2D eigenvalue weighted by Crippen LogP contribution is 2.52. The van der Waals surface area contributed by atoms with E-state index < -0.39 is 0 Å². The van der Waals surface area contributed by atoms with Gasteiger partial charge in [0.05, 0.1) is 139 Å². The lowest BCUT2D eigenvalue weighted by Crippen LogP contribution is -2.04. The number of nitriles is 4. The molecule has 0 radical (unpaired) electrons. The van der Waals surface area contributed by atoms with Gasteiger partial charge < -0.3 is 41.0 Å². The lowest BCUT2D eigenvalue weighted by atomic mass is 10.00. The fourth-order valence-electron chi connectivity index (χ4n) is 25.2. The molecule has 32 aromatic rings. The molecule has 0 saturated carbocycles. The summed E-state index contributed by atoms with van der Waals surface area (Å²) in [5.74, 6) is 0. The average molecular weight is 1870 g/mol. The molecule has 0 aliphatic rings. The van der Waals surface area contributed by atoms with Crippen molar-refractivity contribution in [2.24, 2.45) is 0 Å². The second-order valence-corrected chi connectivity index (χ2v) is 39.6. The number of benzene rings is 22. The zero-order chi connectivity index (χ0) is 95.8. The van der Waals surface area contributed by atoms with E-state index in [1.54, 1.807) is 11.3 Å². The Bertz CT molecular complexity index is 11700. The summed E-state index contributed by atoms with van der Waals surface area (Å²) in [5.41, 5.74) is 27.4. The predicted molar refractivity (Wildman–Crippen MR) is 601 cm³/mol. The van der Waals surface area contributed by atoms with E-state index >= 15 is 0 Å². The average Bonchev–Trinajstić information content (AvgIpc) is 1.55. The Kier molecular flexibility index (Phi) is 16.2. The van der Waals surface area contributed by atoms with Crippen LogP contribution in [0.3, 0.4) is 0 Å². The smallest absolute Gasteiger partial charge is 0.145 e. The van der Waals surface area contributed by atoms with E-state index in [4.69, 9.17) is 4.42 Å². The van der Waals surface area contributed by atoms with Crippen molar-refractivity contribution >= 4 is 249 Å². The first-order valence-electron chi connectivity index (χ1n) is 49.0. The second-order valence-electron chi connectivity index (χ2n) is 38.5. The topological polar surface area (TPSA) is 148 Å². The third kappa shape index (κ3) is 10.8. The van der Waals surface area contributed by atoms with Crippen LogP contribution in [0.5, 0.6) is 0 Å². The fraction of sp³-hybridized carbons (Fsp3) is 0. The maximum atomic E-state index is 12.0. The summed E-state index contributed by atoms with van der Waals surface area (Å²) in [4.78, 5) is 0. The van der Waals surface area contributed by atoms with Crippen LogP contribution in [0.25, 0.3) is 295 Å². The number of hydrogen-bond acceptors (Lipinski definition) is 6. The second kappa shape index (κ2) is 29.7. The molecule has 10 heterocycles. The zero-order valence-corrected chi connectivity index (χ0v) is 78.4. The number of furan rings is 1. The van der Waals surface area contributed by atoms with Crippen LogP contribution >= 0.6 is 11.3 Å². The van der Waals surface area contributed by atoms with Gasteiger partial charge in [-0.15, -0.1) is 11.3 Å².